The van der Waals surface area contributed by atoms with Gasteiger partial charge < -0.3 is 20.4 Å². The quantitative estimate of drug-likeness (QED) is 0.628. The minimum absolute atomic E-state index is 0.0899. The molecule has 0 aliphatic heterocycles. The van der Waals surface area contributed by atoms with Crippen LogP contribution in [0, 0.1) is 0 Å². The number of rotatable bonds is 7. The first-order valence-corrected chi connectivity index (χ1v) is 7.98. The summed E-state index contributed by atoms with van der Waals surface area (Å²) >= 11 is 0. The van der Waals surface area contributed by atoms with Crippen molar-refractivity contribution in [3.05, 3.63) is 36.0 Å². The Bertz CT molecular complexity index is 832. The maximum Gasteiger partial charge on any atom is 0.405 e. The number of amides is 2. The number of carbonyl (C=O) groups is 3. The summed E-state index contributed by atoms with van der Waals surface area (Å²) in [5.74, 6) is -2.50. The van der Waals surface area contributed by atoms with Crippen LogP contribution in [0.5, 0.6) is 0 Å². The van der Waals surface area contributed by atoms with Crippen LogP contribution in [-0.2, 0) is 25.5 Å². The lowest BCUT2D eigenvalue weighted by atomic mass is 10.0. The van der Waals surface area contributed by atoms with Gasteiger partial charge in [-0.1, -0.05) is 18.2 Å². The number of halogens is 3. The molecule has 146 valence electrons. The first kappa shape index (κ1) is 20.3. The number of esters is 1. The Hall–Kier alpha value is -3.04. The summed E-state index contributed by atoms with van der Waals surface area (Å²) in [5, 5.41) is 4.87. The third-order valence-corrected chi connectivity index (χ3v) is 3.59. The Balaban J connectivity index is 1.99. The van der Waals surface area contributed by atoms with Crippen molar-refractivity contribution in [1.29, 1.82) is 0 Å². The lowest BCUT2D eigenvalue weighted by molar-refractivity contribution is -0.153. The summed E-state index contributed by atoms with van der Waals surface area (Å²) in [7, 11) is 0. The van der Waals surface area contributed by atoms with E-state index in [0.29, 0.717) is 0 Å². The first-order chi connectivity index (χ1) is 12.7. The molecule has 2 aromatic rings. The molecule has 7 nitrogen and oxygen atoms in total. The van der Waals surface area contributed by atoms with Crippen LogP contribution >= 0.6 is 0 Å². The first-order valence-electron chi connectivity index (χ1n) is 7.98. The highest BCUT2D eigenvalue weighted by atomic mass is 19.4. The molecule has 0 spiro atoms. The number of aromatic nitrogens is 1. The number of benzene rings is 1. The van der Waals surface area contributed by atoms with E-state index in [4.69, 9.17) is 4.74 Å². The number of aromatic amines is 1. The summed E-state index contributed by atoms with van der Waals surface area (Å²) in [5.41, 5.74) is 1.58. The summed E-state index contributed by atoms with van der Waals surface area (Å²) in [4.78, 5) is 37.9. The molecule has 2 amide bonds. The van der Waals surface area contributed by atoms with Gasteiger partial charge in [-0.3, -0.25) is 9.59 Å². The second-order valence-electron chi connectivity index (χ2n) is 5.82. The maximum atomic E-state index is 12.2. The average molecular weight is 385 g/mol. The van der Waals surface area contributed by atoms with Crippen molar-refractivity contribution in [2.75, 3.05) is 13.2 Å². The minimum atomic E-state index is -4.56. The van der Waals surface area contributed by atoms with Gasteiger partial charge in [0.25, 0.3) is 5.91 Å². The highest BCUT2D eigenvalue weighted by Crippen LogP contribution is 2.19. The molecule has 10 heteroatoms. The third kappa shape index (κ3) is 6.32. The summed E-state index contributed by atoms with van der Waals surface area (Å²) in [6, 6.07) is 6.24. The number of hydrogen-bond donors (Lipinski definition) is 3. The second-order valence-corrected chi connectivity index (χ2v) is 5.82. The van der Waals surface area contributed by atoms with E-state index in [1.165, 1.54) is 6.92 Å². The largest absolute Gasteiger partial charge is 0.454 e. The molecule has 3 N–H and O–H groups in total. The number of ether oxygens (including phenoxy) is 1. The van der Waals surface area contributed by atoms with Crippen molar-refractivity contribution >= 4 is 28.7 Å². The molecule has 27 heavy (non-hydrogen) atoms. The van der Waals surface area contributed by atoms with Gasteiger partial charge in [-0.25, -0.2) is 4.79 Å². The van der Waals surface area contributed by atoms with Crippen LogP contribution in [0.4, 0.5) is 13.2 Å². The van der Waals surface area contributed by atoms with E-state index in [2.05, 4.69) is 10.3 Å². The summed E-state index contributed by atoms with van der Waals surface area (Å²) in [6.07, 6.45) is -2.79. The number of alkyl halides is 3. The van der Waals surface area contributed by atoms with Gasteiger partial charge in [0.1, 0.15) is 12.6 Å². The molecule has 0 saturated heterocycles. The molecule has 1 aromatic carbocycles. The van der Waals surface area contributed by atoms with Crippen LogP contribution in [0.1, 0.15) is 12.5 Å². The predicted octanol–water partition coefficient (Wildman–Crippen LogP) is 1.44. The Morgan fingerprint density at radius 3 is 2.59 bits per heavy atom. The van der Waals surface area contributed by atoms with Crippen molar-refractivity contribution < 1.29 is 32.3 Å². The van der Waals surface area contributed by atoms with E-state index in [9.17, 15) is 27.6 Å². The highest BCUT2D eigenvalue weighted by Gasteiger charge is 2.28. The van der Waals surface area contributed by atoms with Crippen molar-refractivity contribution in [3.8, 4) is 0 Å². The Labute approximate surface area is 152 Å². The zero-order chi connectivity index (χ0) is 20.0. The molecular weight excluding hydrogens is 367 g/mol. The van der Waals surface area contributed by atoms with Crippen LogP contribution in [0.15, 0.2) is 30.5 Å². The standard InChI is InChI=1S/C17H18F3N3O4/c1-10(24)23-14(6-11-7-21-13-5-3-2-4-12(11)13)16(26)27-8-15(25)22-9-17(18,19)20/h2-5,7,14,21H,6,8-9H2,1H3,(H,22,25)(H,23,24)/t14-/m0/s1. The van der Waals surface area contributed by atoms with Gasteiger partial charge in [0.05, 0.1) is 0 Å². The van der Waals surface area contributed by atoms with Gasteiger partial charge in [0.15, 0.2) is 6.61 Å². The Morgan fingerprint density at radius 2 is 1.93 bits per heavy atom. The molecule has 0 bridgehead atoms. The molecule has 0 saturated carbocycles. The van der Waals surface area contributed by atoms with Crippen LogP contribution in [0.3, 0.4) is 0 Å². The lowest BCUT2D eigenvalue weighted by Crippen LogP contribution is -2.44. The average Bonchev–Trinajstić information content (AvgIpc) is 2.99. The van der Waals surface area contributed by atoms with Crippen molar-refractivity contribution in [2.45, 2.75) is 25.6 Å². The zero-order valence-corrected chi connectivity index (χ0v) is 14.4. The third-order valence-electron chi connectivity index (χ3n) is 3.59. The molecule has 1 aromatic heterocycles. The molecular formula is C17H18F3N3O4. The fourth-order valence-corrected chi connectivity index (χ4v) is 2.45. The number of nitrogens with one attached hydrogen (secondary N) is 3. The van der Waals surface area contributed by atoms with Crippen molar-refractivity contribution in [2.24, 2.45) is 0 Å². The van der Waals surface area contributed by atoms with Crippen LogP contribution in [0.2, 0.25) is 0 Å². The van der Waals surface area contributed by atoms with Gasteiger partial charge in [-0.2, -0.15) is 13.2 Å². The van der Waals surface area contributed by atoms with Gasteiger partial charge in [-0.05, 0) is 11.6 Å². The predicted molar refractivity (Wildman–Crippen MR) is 89.6 cm³/mol. The maximum absolute atomic E-state index is 12.2. The molecule has 1 heterocycles. The van der Waals surface area contributed by atoms with E-state index in [0.717, 1.165) is 16.5 Å². The number of para-hydroxylation sites is 1. The number of carbonyl (C=O) groups excluding carboxylic acids is 3. The Kier molecular flexibility index (Phi) is 6.43. The van der Waals surface area contributed by atoms with Crippen LogP contribution in [0.25, 0.3) is 10.9 Å². The SMILES string of the molecule is CC(=O)N[C@@H](Cc1c[nH]c2ccccc12)C(=O)OCC(=O)NCC(F)(F)F. The van der Waals surface area contributed by atoms with E-state index in [1.54, 1.807) is 11.5 Å². The van der Waals surface area contributed by atoms with Crippen molar-refractivity contribution in [1.82, 2.24) is 15.6 Å². The lowest BCUT2D eigenvalue weighted by Gasteiger charge is -2.16. The zero-order valence-electron chi connectivity index (χ0n) is 14.4. The summed E-state index contributed by atoms with van der Waals surface area (Å²) < 4.78 is 40.9. The fourth-order valence-electron chi connectivity index (χ4n) is 2.45. The van der Waals surface area contributed by atoms with E-state index in [-0.39, 0.29) is 6.42 Å². The van der Waals surface area contributed by atoms with E-state index in [1.807, 2.05) is 24.3 Å². The molecule has 0 fully saturated rings. The van der Waals surface area contributed by atoms with E-state index >= 15 is 0 Å². The Morgan fingerprint density at radius 1 is 1.22 bits per heavy atom. The molecule has 0 unspecified atom stereocenters. The van der Waals surface area contributed by atoms with Crippen molar-refractivity contribution in [3.63, 3.8) is 0 Å². The monoisotopic (exact) mass is 385 g/mol. The molecule has 0 radical (unpaired) electrons. The number of H-pyrrole nitrogens is 1. The van der Waals surface area contributed by atoms with Gasteiger partial charge in [0.2, 0.25) is 5.91 Å². The molecule has 0 aliphatic carbocycles. The fraction of sp³-hybridized carbons (Fsp3) is 0.353. The second kappa shape index (κ2) is 8.56. The summed E-state index contributed by atoms with van der Waals surface area (Å²) in [6.45, 7) is -1.18. The normalized spacial score (nSPS) is 12.4. The van der Waals surface area contributed by atoms with Gasteiger partial charge >= 0.3 is 12.1 Å². The minimum Gasteiger partial charge on any atom is -0.454 e. The van der Waals surface area contributed by atoms with E-state index < -0.39 is 43.2 Å². The van der Waals surface area contributed by atoms with Crippen LogP contribution < -0.4 is 10.6 Å². The molecule has 0 aliphatic rings. The highest BCUT2D eigenvalue weighted by molar-refractivity contribution is 5.88. The number of hydrogen-bond acceptors (Lipinski definition) is 4. The van der Waals surface area contributed by atoms with Gasteiger partial charge in [-0.15, -0.1) is 0 Å². The number of fused-ring (bicyclic) bond motifs is 1. The van der Waals surface area contributed by atoms with Gasteiger partial charge in [0, 0.05) is 30.4 Å². The van der Waals surface area contributed by atoms with Crippen LogP contribution in [-0.4, -0.2) is 48.1 Å². The molecule has 2 rings (SSSR count). The topological polar surface area (TPSA) is 100 Å². The molecule has 1 atom stereocenters. The smallest absolute Gasteiger partial charge is 0.405 e.